The first-order chi connectivity index (χ1) is 21.6. The lowest BCUT2D eigenvalue weighted by Crippen LogP contribution is -1.80. The molecule has 2 nitrogen and oxygen atoms in total. The largest absolute Gasteiger partial charge is 0.236 e. The molecule has 0 atom stereocenters. The van der Waals surface area contributed by atoms with Gasteiger partial charge in [0, 0.05) is 31.3 Å². The maximum Gasteiger partial charge on any atom is 0.124 e. The van der Waals surface area contributed by atoms with Crippen LogP contribution in [0.25, 0.3) is 84.0 Å². The van der Waals surface area contributed by atoms with Gasteiger partial charge in [0.1, 0.15) is 15.8 Å². The second-order valence-electron chi connectivity index (χ2n) is 10.8. The van der Waals surface area contributed by atoms with Crippen LogP contribution in [0.1, 0.15) is 0 Å². The normalized spacial score (nSPS) is 11.8. The molecule has 3 heterocycles. The third-order valence-electron chi connectivity index (χ3n) is 8.04. The average Bonchev–Trinajstić information content (AvgIpc) is 3.78. The highest BCUT2D eigenvalue weighted by Gasteiger charge is 2.15. The van der Waals surface area contributed by atoms with E-state index in [4.69, 9.17) is 9.97 Å². The molecule has 0 aliphatic carbocycles. The minimum absolute atomic E-state index is 0.223. The second-order valence-corrected chi connectivity index (χ2v) is 13.9. The number of thiophene rings is 1. The fraction of sp³-hybridized carbons (Fsp3) is 0. The lowest BCUT2D eigenvalue weighted by Gasteiger charge is -2.03. The van der Waals surface area contributed by atoms with Crippen molar-refractivity contribution in [2.24, 2.45) is 0 Å². The standard InChI is InChI=1S/C38H21FN2S3/c39-28-16-14-25(15-17-28)24-8-12-27(13-9-24)38-41-32-21-34-30(19-36(32)44-38)29-18-35-31(20-33(29)42-34)40-37(43-35)26-10-6-23(7-11-26)22-4-2-1-3-5-22/h1-21H. The van der Waals surface area contributed by atoms with E-state index in [2.05, 4.69) is 97.1 Å². The van der Waals surface area contributed by atoms with E-state index in [1.807, 2.05) is 18.2 Å². The van der Waals surface area contributed by atoms with Crippen molar-refractivity contribution < 1.29 is 4.39 Å². The molecule has 0 aliphatic heterocycles. The number of fused-ring (bicyclic) bond motifs is 5. The van der Waals surface area contributed by atoms with E-state index in [0.29, 0.717) is 0 Å². The fourth-order valence-corrected chi connectivity index (χ4v) is 8.87. The highest BCUT2D eigenvalue weighted by Crippen LogP contribution is 2.42. The zero-order chi connectivity index (χ0) is 29.2. The van der Waals surface area contributed by atoms with Crippen LogP contribution in [0, 0.1) is 5.82 Å². The third kappa shape index (κ3) is 4.42. The predicted octanol–water partition coefficient (Wildman–Crippen LogP) is 12.1. The first-order valence-corrected chi connectivity index (χ1v) is 16.7. The van der Waals surface area contributed by atoms with Crippen LogP contribution in [0.15, 0.2) is 127 Å². The van der Waals surface area contributed by atoms with Crippen LogP contribution in [0.3, 0.4) is 0 Å². The summed E-state index contributed by atoms with van der Waals surface area (Å²) in [5, 5.41) is 4.58. The summed E-state index contributed by atoms with van der Waals surface area (Å²) >= 11 is 5.27. The summed E-state index contributed by atoms with van der Waals surface area (Å²) in [4.78, 5) is 10.0. The van der Waals surface area contributed by atoms with E-state index in [-0.39, 0.29) is 5.82 Å². The molecule has 6 heteroatoms. The zero-order valence-corrected chi connectivity index (χ0v) is 25.6. The van der Waals surface area contributed by atoms with Crippen molar-refractivity contribution in [1.29, 1.82) is 0 Å². The van der Waals surface area contributed by atoms with Gasteiger partial charge in [-0.25, -0.2) is 14.4 Å². The van der Waals surface area contributed by atoms with Gasteiger partial charge < -0.3 is 0 Å². The van der Waals surface area contributed by atoms with E-state index in [9.17, 15) is 4.39 Å². The van der Waals surface area contributed by atoms with Gasteiger partial charge in [0.15, 0.2) is 0 Å². The Bertz CT molecular complexity index is 2470. The Balaban J connectivity index is 1.05. The number of hydrogen-bond acceptors (Lipinski definition) is 5. The van der Waals surface area contributed by atoms with Crippen LogP contribution >= 0.6 is 34.0 Å². The van der Waals surface area contributed by atoms with Gasteiger partial charge in [-0.15, -0.1) is 34.0 Å². The SMILES string of the molecule is Fc1ccc(-c2ccc(-c3nc4cc5sc6cc7nc(-c8ccc(-c9ccccc9)cc8)sc7cc6c5cc4s3)cc2)cc1. The van der Waals surface area contributed by atoms with E-state index in [0.717, 1.165) is 43.3 Å². The molecule has 208 valence electrons. The summed E-state index contributed by atoms with van der Waals surface area (Å²) in [5.41, 5.74) is 8.78. The van der Waals surface area contributed by atoms with Crippen molar-refractivity contribution in [2.75, 3.05) is 0 Å². The number of rotatable bonds is 4. The van der Waals surface area contributed by atoms with Crippen molar-refractivity contribution in [3.63, 3.8) is 0 Å². The molecule has 9 rings (SSSR count). The molecule has 0 spiro atoms. The first kappa shape index (κ1) is 25.7. The van der Waals surface area contributed by atoms with Gasteiger partial charge in [-0.3, -0.25) is 0 Å². The van der Waals surface area contributed by atoms with Gasteiger partial charge in [0.25, 0.3) is 0 Å². The van der Waals surface area contributed by atoms with Crippen molar-refractivity contribution >= 4 is 74.6 Å². The molecule has 0 unspecified atom stereocenters. The molecule has 0 N–H and O–H groups in total. The molecular formula is C38H21FN2S3. The molecule has 0 fully saturated rings. The van der Waals surface area contributed by atoms with Crippen molar-refractivity contribution in [2.45, 2.75) is 0 Å². The molecule has 0 aliphatic rings. The minimum Gasteiger partial charge on any atom is -0.236 e. The smallest absolute Gasteiger partial charge is 0.124 e. The van der Waals surface area contributed by atoms with E-state index < -0.39 is 0 Å². The summed E-state index contributed by atoms with van der Waals surface area (Å²) in [6, 6.07) is 43.2. The molecule has 9 aromatic rings. The van der Waals surface area contributed by atoms with Crippen LogP contribution in [-0.4, -0.2) is 9.97 Å². The van der Waals surface area contributed by atoms with Crippen molar-refractivity contribution in [1.82, 2.24) is 9.97 Å². The number of hydrogen-bond donors (Lipinski definition) is 0. The fourth-order valence-electron chi connectivity index (χ4n) is 5.75. The Labute approximate surface area is 264 Å². The Kier molecular flexibility index (Phi) is 5.94. The molecule has 0 saturated heterocycles. The zero-order valence-electron chi connectivity index (χ0n) is 23.1. The van der Waals surface area contributed by atoms with Gasteiger partial charge in [-0.05, 0) is 58.7 Å². The summed E-state index contributed by atoms with van der Waals surface area (Å²) in [7, 11) is 0. The first-order valence-electron chi connectivity index (χ1n) is 14.2. The molecule has 6 aromatic carbocycles. The Morgan fingerprint density at radius 1 is 0.386 bits per heavy atom. The topological polar surface area (TPSA) is 25.8 Å². The van der Waals surface area contributed by atoms with Crippen LogP contribution in [0.4, 0.5) is 4.39 Å². The maximum atomic E-state index is 13.3. The summed E-state index contributed by atoms with van der Waals surface area (Å²) in [5.74, 6) is -0.223. The summed E-state index contributed by atoms with van der Waals surface area (Å²) in [6.45, 7) is 0. The number of thiazole rings is 2. The second kappa shape index (κ2) is 10.2. The summed E-state index contributed by atoms with van der Waals surface area (Å²) < 4.78 is 18.2. The van der Waals surface area contributed by atoms with E-state index >= 15 is 0 Å². The lowest BCUT2D eigenvalue weighted by molar-refractivity contribution is 0.628. The van der Waals surface area contributed by atoms with Crippen LogP contribution < -0.4 is 0 Å². The van der Waals surface area contributed by atoms with Gasteiger partial charge in [-0.2, -0.15) is 0 Å². The van der Waals surface area contributed by atoms with Crippen molar-refractivity contribution in [3.8, 4) is 43.4 Å². The molecule has 0 bridgehead atoms. The third-order valence-corrected chi connectivity index (χ3v) is 11.3. The Morgan fingerprint density at radius 3 is 1.27 bits per heavy atom. The molecule has 44 heavy (non-hydrogen) atoms. The average molecular weight is 621 g/mol. The molecule has 0 saturated carbocycles. The molecule has 3 aromatic heterocycles. The van der Waals surface area contributed by atoms with Crippen LogP contribution in [0.5, 0.6) is 0 Å². The monoisotopic (exact) mass is 620 g/mol. The Morgan fingerprint density at radius 2 is 0.795 bits per heavy atom. The van der Waals surface area contributed by atoms with Crippen LogP contribution in [-0.2, 0) is 0 Å². The highest BCUT2D eigenvalue weighted by molar-refractivity contribution is 7.27. The number of aromatic nitrogens is 2. The summed E-state index contributed by atoms with van der Waals surface area (Å²) in [6.07, 6.45) is 0. The molecular weight excluding hydrogens is 600 g/mol. The Hall–Kier alpha value is -4.75. The number of nitrogens with zero attached hydrogens (tertiary/aromatic N) is 2. The maximum absolute atomic E-state index is 13.3. The molecule has 0 radical (unpaired) electrons. The van der Waals surface area contributed by atoms with Gasteiger partial charge in [0.2, 0.25) is 0 Å². The number of benzene rings is 6. The van der Waals surface area contributed by atoms with Gasteiger partial charge >= 0.3 is 0 Å². The quantitative estimate of drug-likeness (QED) is 0.196. The van der Waals surface area contributed by atoms with Gasteiger partial charge in [-0.1, -0.05) is 91.0 Å². The predicted molar refractivity (Wildman–Crippen MR) is 187 cm³/mol. The molecule has 0 amide bonds. The lowest BCUT2D eigenvalue weighted by atomic mass is 10.0. The number of halogens is 1. The van der Waals surface area contributed by atoms with E-state index in [1.165, 1.54) is 52.8 Å². The van der Waals surface area contributed by atoms with Gasteiger partial charge in [0.05, 0.1) is 20.4 Å². The highest BCUT2D eigenvalue weighted by atomic mass is 32.1. The van der Waals surface area contributed by atoms with Crippen molar-refractivity contribution in [3.05, 3.63) is 133 Å². The van der Waals surface area contributed by atoms with E-state index in [1.54, 1.807) is 34.0 Å². The minimum atomic E-state index is -0.223. The van der Waals surface area contributed by atoms with Crippen LogP contribution in [0.2, 0.25) is 0 Å².